The molecule has 0 bridgehead atoms. The molecule has 0 radical (unpaired) electrons. The van der Waals surface area contributed by atoms with Crippen LogP contribution in [0.25, 0.3) is 11.1 Å². The van der Waals surface area contributed by atoms with Crippen LogP contribution in [0, 0.1) is 0 Å². The highest BCUT2D eigenvalue weighted by atomic mass is 35.5. The van der Waals surface area contributed by atoms with Gasteiger partial charge in [-0.25, -0.2) is 0 Å². The van der Waals surface area contributed by atoms with Crippen molar-refractivity contribution in [3.8, 4) is 11.1 Å². The van der Waals surface area contributed by atoms with Crippen LogP contribution in [0.4, 0.5) is 0 Å². The summed E-state index contributed by atoms with van der Waals surface area (Å²) in [5, 5.41) is 0.804. The minimum absolute atomic E-state index is 0.804. The number of aryl methyl sites for hydroxylation is 2. The van der Waals surface area contributed by atoms with Gasteiger partial charge < -0.3 is 0 Å². The van der Waals surface area contributed by atoms with Crippen LogP contribution in [-0.4, -0.2) is 0 Å². The maximum Gasteiger partial charge on any atom is 0.0412 e. The second-order valence-electron chi connectivity index (χ2n) is 4.35. The summed E-state index contributed by atoms with van der Waals surface area (Å²) < 4.78 is 0. The summed E-state index contributed by atoms with van der Waals surface area (Å²) in [5.41, 5.74) is 5.52. The first-order valence-electron chi connectivity index (χ1n) is 5.71. The molecule has 0 aliphatic heterocycles. The summed E-state index contributed by atoms with van der Waals surface area (Å²) in [4.78, 5) is 0. The van der Waals surface area contributed by atoms with E-state index in [1.807, 2.05) is 18.2 Å². The zero-order valence-corrected chi connectivity index (χ0v) is 9.80. The number of fused-ring (bicyclic) bond motifs is 1. The third-order valence-electron chi connectivity index (χ3n) is 3.26. The number of halogens is 1. The number of hydrogen-bond acceptors (Lipinski definition) is 0. The van der Waals surface area contributed by atoms with Gasteiger partial charge in [0.15, 0.2) is 0 Å². The van der Waals surface area contributed by atoms with Gasteiger partial charge in [0.2, 0.25) is 0 Å². The maximum atomic E-state index is 6.01. The van der Waals surface area contributed by atoms with E-state index in [0.717, 1.165) is 5.02 Å². The molecular weight excluding hydrogens is 216 g/mol. The van der Waals surface area contributed by atoms with Gasteiger partial charge >= 0.3 is 0 Å². The van der Waals surface area contributed by atoms with E-state index in [0.29, 0.717) is 0 Å². The third-order valence-corrected chi connectivity index (χ3v) is 3.49. The predicted molar refractivity (Wildman–Crippen MR) is 68.9 cm³/mol. The van der Waals surface area contributed by atoms with E-state index in [9.17, 15) is 0 Å². The first-order valence-corrected chi connectivity index (χ1v) is 6.08. The first kappa shape index (κ1) is 9.92. The van der Waals surface area contributed by atoms with E-state index in [4.69, 9.17) is 11.6 Å². The Balaban J connectivity index is 2.07. The highest BCUT2D eigenvalue weighted by Gasteiger charge is 2.11. The lowest BCUT2D eigenvalue weighted by Crippen LogP contribution is -1.84. The van der Waals surface area contributed by atoms with Crippen LogP contribution in [0.5, 0.6) is 0 Å². The lowest BCUT2D eigenvalue weighted by Gasteiger charge is -2.05. The third kappa shape index (κ3) is 1.74. The topological polar surface area (TPSA) is 0 Å². The van der Waals surface area contributed by atoms with E-state index in [-0.39, 0.29) is 0 Å². The van der Waals surface area contributed by atoms with E-state index >= 15 is 0 Å². The zero-order chi connectivity index (χ0) is 11.0. The summed E-state index contributed by atoms with van der Waals surface area (Å²) in [6.07, 6.45) is 3.77. The van der Waals surface area contributed by atoms with Crippen LogP contribution in [0.15, 0.2) is 42.5 Å². The normalized spacial score (nSPS) is 13.8. The number of rotatable bonds is 1. The molecule has 0 N–H and O–H groups in total. The average molecular weight is 229 g/mol. The average Bonchev–Trinajstić information content (AvgIpc) is 2.75. The molecule has 1 aliphatic rings. The van der Waals surface area contributed by atoms with Crippen molar-refractivity contribution in [3.63, 3.8) is 0 Å². The van der Waals surface area contributed by atoms with E-state index < -0.39 is 0 Å². The van der Waals surface area contributed by atoms with Gasteiger partial charge in [-0.05, 0) is 53.6 Å². The molecule has 16 heavy (non-hydrogen) atoms. The van der Waals surface area contributed by atoms with Crippen molar-refractivity contribution in [2.24, 2.45) is 0 Å². The molecule has 0 unspecified atom stereocenters. The quantitative estimate of drug-likeness (QED) is 0.675. The summed E-state index contributed by atoms with van der Waals surface area (Å²) in [5.74, 6) is 0. The standard InChI is InChI=1S/C15H13Cl/c16-15-6-2-5-13(10-15)14-8-7-11-3-1-4-12(11)9-14/h2,5-10H,1,3-4H2. The van der Waals surface area contributed by atoms with Crippen LogP contribution >= 0.6 is 11.6 Å². The Hall–Kier alpha value is -1.27. The lowest BCUT2D eigenvalue weighted by atomic mass is 10.0. The van der Waals surface area contributed by atoms with Crippen molar-refractivity contribution < 1.29 is 0 Å². The van der Waals surface area contributed by atoms with Crippen LogP contribution in [0.1, 0.15) is 17.5 Å². The fourth-order valence-electron chi connectivity index (χ4n) is 2.42. The Bertz CT molecular complexity index is 529. The van der Waals surface area contributed by atoms with Gasteiger partial charge in [0.1, 0.15) is 0 Å². The summed E-state index contributed by atoms with van der Waals surface area (Å²) in [7, 11) is 0. The maximum absolute atomic E-state index is 6.01. The summed E-state index contributed by atoms with van der Waals surface area (Å²) in [6.45, 7) is 0. The summed E-state index contributed by atoms with van der Waals surface area (Å²) in [6, 6.07) is 14.8. The van der Waals surface area contributed by atoms with Crippen molar-refractivity contribution in [2.75, 3.05) is 0 Å². The van der Waals surface area contributed by atoms with Crippen molar-refractivity contribution in [1.82, 2.24) is 0 Å². The highest BCUT2D eigenvalue weighted by Crippen LogP contribution is 2.29. The van der Waals surface area contributed by atoms with Gasteiger partial charge in [-0.2, -0.15) is 0 Å². The Morgan fingerprint density at radius 3 is 2.50 bits per heavy atom. The van der Waals surface area contributed by atoms with E-state index in [2.05, 4.69) is 24.3 Å². The number of benzene rings is 2. The molecule has 0 atom stereocenters. The van der Waals surface area contributed by atoms with E-state index in [1.54, 1.807) is 0 Å². The lowest BCUT2D eigenvalue weighted by molar-refractivity contribution is 0.912. The van der Waals surface area contributed by atoms with Crippen LogP contribution in [0.3, 0.4) is 0 Å². The fraction of sp³-hybridized carbons (Fsp3) is 0.200. The Labute approximate surface area is 101 Å². The second-order valence-corrected chi connectivity index (χ2v) is 4.78. The van der Waals surface area contributed by atoms with Gasteiger partial charge in [0, 0.05) is 5.02 Å². The van der Waals surface area contributed by atoms with Crippen LogP contribution in [-0.2, 0) is 12.8 Å². The molecule has 0 aromatic heterocycles. The molecule has 1 aliphatic carbocycles. The SMILES string of the molecule is Clc1cccc(-c2ccc3c(c2)CCC3)c1. The minimum Gasteiger partial charge on any atom is -0.0843 e. The van der Waals surface area contributed by atoms with Gasteiger partial charge in [0.05, 0.1) is 0 Å². The Morgan fingerprint density at radius 2 is 1.62 bits per heavy atom. The molecule has 0 nitrogen and oxygen atoms in total. The molecule has 0 saturated heterocycles. The molecule has 0 saturated carbocycles. The molecule has 0 heterocycles. The van der Waals surface area contributed by atoms with Crippen molar-refractivity contribution in [1.29, 1.82) is 0 Å². The van der Waals surface area contributed by atoms with Crippen LogP contribution in [0.2, 0.25) is 5.02 Å². The fourth-order valence-corrected chi connectivity index (χ4v) is 2.61. The predicted octanol–water partition coefficient (Wildman–Crippen LogP) is 4.50. The van der Waals surface area contributed by atoms with Crippen LogP contribution < -0.4 is 0 Å². The molecular formula is C15H13Cl. The molecule has 2 aromatic rings. The minimum atomic E-state index is 0.804. The smallest absolute Gasteiger partial charge is 0.0412 e. The summed E-state index contributed by atoms with van der Waals surface area (Å²) >= 11 is 6.01. The molecule has 0 spiro atoms. The molecule has 1 heteroatoms. The molecule has 0 fully saturated rings. The molecule has 80 valence electrons. The largest absolute Gasteiger partial charge is 0.0843 e. The van der Waals surface area contributed by atoms with Gasteiger partial charge in [-0.15, -0.1) is 0 Å². The second kappa shape index (κ2) is 3.95. The monoisotopic (exact) mass is 228 g/mol. The molecule has 0 amide bonds. The Kier molecular flexibility index (Phi) is 2.45. The van der Waals surface area contributed by atoms with Gasteiger partial charge in [-0.1, -0.05) is 41.9 Å². The van der Waals surface area contributed by atoms with Gasteiger partial charge in [-0.3, -0.25) is 0 Å². The van der Waals surface area contributed by atoms with Crippen molar-refractivity contribution >= 4 is 11.6 Å². The zero-order valence-electron chi connectivity index (χ0n) is 9.04. The molecule has 3 rings (SSSR count). The van der Waals surface area contributed by atoms with Crippen molar-refractivity contribution in [3.05, 3.63) is 58.6 Å². The van der Waals surface area contributed by atoms with Crippen molar-refractivity contribution in [2.45, 2.75) is 19.3 Å². The van der Waals surface area contributed by atoms with Gasteiger partial charge in [0.25, 0.3) is 0 Å². The Morgan fingerprint density at radius 1 is 0.812 bits per heavy atom. The van der Waals surface area contributed by atoms with E-state index in [1.165, 1.54) is 41.5 Å². The molecule has 2 aromatic carbocycles. The highest BCUT2D eigenvalue weighted by molar-refractivity contribution is 6.30. The first-order chi connectivity index (χ1) is 7.83. The number of hydrogen-bond donors (Lipinski definition) is 0.